The molecule has 1 saturated carbocycles. The molecule has 1 fully saturated rings. The van der Waals surface area contributed by atoms with Crippen molar-refractivity contribution in [3.05, 3.63) is 65.2 Å². The van der Waals surface area contributed by atoms with Crippen molar-refractivity contribution in [2.45, 2.75) is 44.5 Å². The Morgan fingerprint density at radius 1 is 0.833 bits per heavy atom. The van der Waals surface area contributed by atoms with E-state index in [0.717, 1.165) is 42.3 Å². The van der Waals surface area contributed by atoms with Gasteiger partial charge in [0, 0.05) is 26.2 Å². The van der Waals surface area contributed by atoms with E-state index < -0.39 is 23.5 Å². The van der Waals surface area contributed by atoms with Crippen LogP contribution in [0.1, 0.15) is 42.4 Å². The molecule has 1 aliphatic carbocycles. The first kappa shape index (κ1) is 23.2. The van der Waals surface area contributed by atoms with Crippen molar-refractivity contribution in [3.8, 4) is 11.1 Å². The Morgan fingerprint density at radius 3 is 2.00 bits per heavy atom. The van der Waals surface area contributed by atoms with Crippen LogP contribution in [-0.4, -0.2) is 0 Å². The molecule has 0 aliphatic heterocycles. The summed E-state index contributed by atoms with van der Waals surface area (Å²) < 4.78 is 79.4. The molecule has 0 saturated heterocycles. The molecule has 3 aromatic rings. The van der Waals surface area contributed by atoms with Crippen molar-refractivity contribution >= 4 is 10.8 Å². The van der Waals surface area contributed by atoms with Crippen LogP contribution in [-0.2, 0) is 45.0 Å². The first-order valence-electron chi connectivity index (χ1n) is 9.59. The van der Waals surface area contributed by atoms with Crippen LogP contribution in [0.4, 0.5) is 26.3 Å². The third kappa shape index (κ3) is 4.87. The number of halogens is 6. The third-order valence-corrected chi connectivity index (χ3v) is 5.71. The van der Waals surface area contributed by atoms with Crippen molar-refractivity contribution in [2.24, 2.45) is 5.92 Å². The van der Waals surface area contributed by atoms with E-state index in [-0.39, 0.29) is 37.8 Å². The van der Waals surface area contributed by atoms with E-state index >= 15 is 0 Å². The SMILES string of the molecule is FC(F)(F)c1cc(-c2cccc3[cH-]c(CC4CCCC4)cc23)cc(C(F)(F)F)c1.[Zr]. The molecule has 1 aliphatic rings. The second-order valence-corrected chi connectivity index (χ2v) is 7.82. The van der Waals surface area contributed by atoms with Crippen LogP contribution in [0.15, 0.2) is 48.5 Å². The van der Waals surface area contributed by atoms with Gasteiger partial charge in [0.05, 0.1) is 11.1 Å². The zero-order valence-electron chi connectivity index (χ0n) is 16.0. The monoisotopic (exact) mass is 499 g/mol. The van der Waals surface area contributed by atoms with Gasteiger partial charge in [-0.3, -0.25) is 0 Å². The van der Waals surface area contributed by atoms with Gasteiger partial charge in [-0.25, -0.2) is 0 Å². The van der Waals surface area contributed by atoms with Crippen molar-refractivity contribution in [2.75, 3.05) is 0 Å². The summed E-state index contributed by atoms with van der Waals surface area (Å²) in [7, 11) is 0. The second kappa shape index (κ2) is 8.57. The fourth-order valence-electron chi connectivity index (χ4n) is 4.32. The summed E-state index contributed by atoms with van der Waals surface area (Å²) in [6, 6.07) is 10.8. The minimum absolute atomic E-state index is 0. The zero-order valence-corrected chi connectivity index (χ0v) is 18.5. The van der Waals surface area contributed by atoms with Gasteiger partial charge in [-0.2, -0.15) is 32.4 Å². The topological polar surface area (TPSA) is 0 Å². The minimum atomic E-state index is -4.86. The molecule has 0 amide bonds. The Morgan fingerprint density at radius 2 is 1.43 bits per heavy atom. The summed E-state index contributed by atoms with van der Waals surface area (Å²) in [6.45, 7) is 0. The number of rotatable bonds is 3. The number of hydrogen-bond acceptors (Lipinski definition) is 0. The van der Waals surface area contributed by atoms with E-state index in [1.54, 1.807) is 12.1 Å². The average Bonchev–Trinajstić information content (AvgIpc) is 3.28. The first-order chi connectivity index (χ1) is 13.6. The van der Waals surface area contributed by atoms with E-state index in [2.05, 4.69) is 0 Å². The molecule has 3 aromatic carbocycles. The maximum Gasteiger partial charge on any atom is 0.416 e. The van der Waals surface area contributed by atoms with Crippen molar-refractivity contribution in [1.82, 2.24) is 0 Å². The fraction of sp³-hybridized carbons (Fsp3) is 0.348. The van der Waals surface area contributed by atoms with E-state index in [0.29, 0.717) is 16.9 Å². The van der Waals surface area contributed by atoms with Gasteiger partial charge in [0.15, 0.2) is 0 Å². The van der Waals surface area contributed by atoms with Gasteiger partial charge < -0.3 is 0 Å². The molecule has 0 nitrogen and oxygen atoms in total. The molecule has 30 heavy (non-hydrogen) atoms. The summed E-state index contributed by atoms with van der Waals surface area (Å²) in [5.74, 6) is 0.598. The van der Waals surface area contributed by atoms with Gasteiger partial charge in [-0.05, 0) is 36.1 Å². The van der Waals surface area contributed by atoms with Gasteiger partial charge >= 0.3 is 12.4 Å². The molecule has 0 radical (unpaired) electrons. The molecule has 7 heteroatoms. The van der Waals surface area contributed by atoms with E-state index in [9.17, 15) is 26.3 Å². The molecule has 0 unspecified atom stereocenters. The molecule has 0 aromatic heterocycles. The van der Waals surface area contributed by atoms with Crippen LogP contribution < -0.4 is 0 Å². The normalized spacial score (nSPS) is 15.5. The number of hydrogen-bond donors (Lipinski definition) is 0. The third-order valence-electron chi connectivity index (χ3n) is 5.71. The Kier molecular flexibility index (Phi) is 6.62. The van der Waals surface area contributed by atoms with Gasteiger partial charge in [-0.15, -0.1) is 34.5 Å². The van der Waals surface area contributed by atoms with Crippen molar-refractivity contribution < 1.29 is 52.5 Å². The maximum atomic E-state index is 13.2. The summed E-state index contributed by atoms with van der Waals surface area (Å²) in [5, 5.41) is 1.52. The van der Waals surface area contributed by atoms with E-state index in [4.69, 9.17) is 0 Å². The Bertz CT molecular complexity index is 990. The number of alkyl halides is 6. The molecule has 0 heterocycles. The van der Waals surface area contributed by atoms with Crippen molar-refractivity contribution in [1.29, 1.82) is 0 Å². The molecular weight excluding hydrogens is 481 g/mol. The summed E-state index contributed by atoms with van der Waals surface area (Å²) in [6.07, 6.45) is -4.08. The first-order valence-corrected chi connectivity index (χ1v) is 9.59. The average molecular weight is 501 g/mol. The Balaban J connectivity index is 0.00000256. The summed E-state index contributed by atoms with van der Waals surface area (Å²) >= 11 is 0. The quantitative estimate of drug-likeness (QED) is 0.253. The number of fused-ring (bicyclic) bond motifs is 1. The Labute approximate surface area is 189 Å². The largest absolute Gasteiger partial charge is 0.416 e. The van der Waals surface area contributed by atoms with Crippen LogP contribution in [0.3, 0.4) is 0 Å². The zero-order chi connectivity index (χ0) is 20.8. The maximum absolute atomic E-state index is 13.2. The summed E-state index contributed by atoms with van der Waals surface area (Å²) in [5.41, 5.74) is -1.19. The van der Waals surface area contributed by atoms with Gasteiger partial charge in [0.25, 0.3) is 0 Å². The smallest absolute Gasteiger partial charge is 0.166 e. The van der Waals surface area contributed by atoms with E-state index in [1.807, 2.05) is 18.2 Å². The molecule has 0 spiro atoms. The number of benzene rings is 2. The standard InChI is InChI=1S/C23H19F6.Zr/c24-22(25,26)18-11-17(12-19(13-18)23(27,28)29)20-7-3-6-16-9-15(10-21(16)20)8-14-4-1-2-5-14;/h3,6-7,9-14H,1-2,4-5,8H2;/q-1;. The van der Waals surface area contributed by atoms with Crippen LogP contribution in [0.25, 0.3) is 21.9 Å². The molecular formula is C23H19F6Zr-. The molecule has 0 bridgehead atoms. The fourth-order valence-corrected chi connectivity index (χ4v) is 4.32. The molecule has 158 valence electrons. The van der Waals surface area contributed by atoms with Gasteiger partial charge in [0.2, 0.25) is 0 Å². The minimum Gasteiger partial charge on any atom is -0.166 e. The van der Waals surface area contributed by atoms with Crippen LogP contribution in [0.5, 0.6) is 0 Å². The van der Waals surface area contributed by atoms with Crippen LogP contribution >= 0.6 is 0 Å². The summed E-state index contributed by atoms with van der Waals surface area (Å²) in [4.78, 5) is 0. The molecule has 0 N–H and O–H groups in total. The van der Waals surface area contributed by atoms with Gasteiger partial charge in [-0.1, -0.05) is 37.3 Å². The predicted octanol–water partition coefficient (Wildman–Crippen LogP) is 7.99. The van der Waals surface area contributed by atoms with Crippen LogP contribution in [0, 0.1) is 5.92 Å². The van der Waals surface area contributed by atoms with Gasteiger partial charge in [0.1, 0.15) is 0 Å². The van der Waals surface area contributed by atoms with Crippen LogP contribution in [0.2, 0.25) is 0 Å². The second-order valence-electron chi connectivity index (χ2n) is 7.82. The van der Waals surface area contributed by atoms with Crippen molar-refractivity contribution in [3.63, 3.8) is 0 Å². The van der Waals surface area contributed by atoms with E-state index in [1.165, 1.54) is 12.8 Å². The Hall–Kier alpha value is -1.49. The molecule has 4 rings (SSSR count). The predicted molar refractivity (Wildman–Crippen MR) is 101 cm³/mol. The molecule has 0 atom stereocenters.